The van der Waals surface area contributed by atoms with Gasteiger partial charge >= 0.3 is 0 Å². The lowest BCUT2D eigenvalue weighted by Gasteiger charge is -2.13. The summed E-state index contributed by atoms with van der Waals surface area (Å²) >= 11 is 8.67. The van der Waals surface area contributed by atoms with E-state index >= 15 is 0 Å². The second kappa shape index (κ2) is 8.99. The highest BCUT2D eigenvalue weighted by Gasteiger charge is 2.08. The van der Waals surface area contributed by atoms with Gasteiger partial charge in [0, 0.05) is 21.4 Å². The molecule has 1 amide bonds. The van der Waals surface area contributed by atoms with Gasteiger partial charge in [-0.1, -0.05) is 34.1 Å². The molecule has 2 N–H and O–H groups in total. The fourth-order valence-electron chi connectivity index (χ4n) is 2.57. The molecule has 0 unspecified atom stereocenters. The summed E-state index contributed by atoms with van der Waals surface area (Å²) in [6.45, 7) is 4.07. The quantitative estimate of drug-likeness (QED) is 0.468. The molecule has 0 aromatic heterocycles. The summed E-state index contributed by atoms with van der Waals surface area (Å²) in [6.07, 6.45) is 0. The van der Waals surface area contributed by atoms with Crippen LogP contribution in [0.25, 0.3) is 0 Å². The van der Waals surface area contributed by atoms with Gasteiger partial charge in [0.1, 0.15) is 5.75 Å². The van der Waals surface area contributed by atoms with Gasteiger partial charge in [0.2, 0.25) is 0 Å². The molecule has 0 radical (unpaired) electrons. The van der Waals surface area contributed by atoms with Crippen LogP contribution in [0.15, 0.2) is 71.2 Å². The molecular formula is C22H19BrN2O2S. The molecule has 0 spiro atoms. The molecule has 142 valence electrons. The zero-order valence-corrected chi connectivity index (χ0v) is 17.9. The summed E-state index contributed by atoms with van der Waals surface area (Å²) in [4.78, 5) is 12.4. The first kappa shape index (κ1) is 20.0. The Morgan fingerprint density at radius 1 is 0.964 bits per heavy atom. The van der Waals surface area contributed by atoms with E-state index in [1.807, 2.05) is 56.3 Å². The van der Waals surface area contributed by atoms with Crippen LogP contribution in [0.1, 0.15) is 21.5 Å². The Labute approximate surface area is 178 Å². The molecule has 4 nitrogen and oxygen atoms in total. The molecule has 3 aromatic rings. The zero-order valence-electron chi connectivity index (χ0n) is 15.5. The minimum absolute atomic E-state index is 0.194. The standard InChI is InChI=1S/C22H19BrN2O2S/c1-14-5-3-8-20(15(14)2)25-22(28)27-19-11-9-16(10-12-19)21(26)24-18-7-4-6-17(23)13-18/h3-13H,1-2H3,(H,24,26)(H,25,28). The molecule has 0 aliphatic heterocycles. The summed E-state index contributed by atoms with van der Waals surface area (Å²) < 4.78 is 6.57. The third-order valence-electron chi connectivity index (χ3n) is 4.25. The Balaban J connectivity index is 1.61. The van der Waals surface area contributed by atoms with Crippen molar-refractivity contribution in [2.75, 3.05) is 10.6 Å². The predicted molar refractivity (Wildman–Crippen MR) is 121 cm³/mol. The fourth-order valence-corrected chi connectivity index (χ4v) is 3.18. The Hall–Kier alpha value is -2.70. The molecule has 3 aromatic carbocycles. The van der Waals surface area contributed by atoms with Crippen LogP contribution in [0.4, 0.5) is 11.4 Å². The Morgan fingerprint density at radius 3 is 2.39 bits per heavy atom. The van der Waals surface area contributed by atoms with E-state index in [1.165, 1.54) is 5.56 Å². The van der Waals surface area contributed by atoms with Gasteiger partial charge in [-0.15, -0.1) is 0 Å². The van der Waals surface area contributed by atoms with Gasteiger partial charge in [-0.05, 0) is 85.7 Å². The summed E-state index contributed by atoms with van der Waals surface area (Å²) in [7, 11) is 0. The molecule has 0 aliphatic rings. The van der Waals surface area contributed by atoms with Crippen molar-refractivity contribution >= 4 is 50.6 Å². The number of benzene rings is 3. The maximum Gasteiger partial charge on any atom is 0.266 e. The number of aryl methyl sites for hydroxylation is 1. The highest BCUT2D eigenvalue weighted by atomic mass is 79.9. The van der Waals surface area contributed by atoms with E-state index in [0.29, 0.717) is 11.3 Å². The monoisotopic (exact) mass is 454 g/mol. The Bertz CT molecular complexity index is 1020. The number of anilines is 2. The number of carbonyl (C=O) groups excluding carboxylic acids is 1. The SMILES string of the molecule is Cc1cccc(NC(=S)Oc2ccc(C(=O)Nc3cccc(Br)c3)cc2)c1C. The molecule has 0 saturated carbocycles. The van der Waals surface area contributed by atoms with Crippen molar-refractivity contribution in [1.29, 1.82) is 0 Å². The third kappa shape index (κ3) is 5.18. The number of amides is 1. The predicted octanol–water partition coefficient (Wildman–Crippen LogP) is 6.09. The van der Waals surface area contributed by atoms with Gasteiger partial charge in [-0.3, -0.25) is 4.79 Å². The zero-order chi connectivity index (χ0) is 20.1. The van der Waals surface area contributed by atoms with Crippen LogP contribution < -0.4 is 15.4 Å². The number of ether oxygens (including phenoxy) is 1. The van der Waals surface area contributed by atoms with Crippen molar-refractivity contribution in [3.8, 4) is 5.75 Å². The second-order valence-corrected chi connectivity index (χ2v) is 7.54. The van der Waals surface area contributed by atoms with Gasteiger partial charge in [-0.25, -0.2) is 0 Å². The van der Waals surface area contributed by atoms with Crippen LogP contribution >= 0.6 is 28.1 Å². The van der Waals surface area contributed by atoms with E-state index in [4.69, 9.17) is 17.0 Å². The number of rotatable bonds is 4. The van der Waals surface area contributed by atoms with Crippen molar-refractivity contribution in [2.45, 2.75) is 13.8 Å². The number of hydrogen-bond acceptors (Lipinski definition) is 3. The first-order valence-electron chi connectivity index (χ1n) is 8.64. The lowest BCUT2D eigenvalue weighted by molar-refractivity contribution is 0.102. The first-order chi connectivity index (χ1) is 13.4. The van der Waals surface area contributed by atoms with Crippen LogP contribution in [0, 0.1) is 13.8 Å². The van der Waals surface area contributed by atoms with Crippen LogP contribution in [-0.2, 0) is 0 Å². The second-order valence-electron chi connectivity index (χ2n) is 6.25. The minimum atomic E-state index is -0.194. The lowest BCUT2D eigenvalue weighted by Crippen LogP contribution is -2.17. The maximum absolute atomic E-state index is 12.4. The molecule has 0 fully saturated rings. The topological polar surface area (TPSA) is 50.4 Å². The number of hydrogen-bond donors (Lipinski definition) is 2. The van der Waals surface area contributed by atoms with E-state index in [9.17, 15) is 4.79 Å². The summed E-state index contributed by atoms with van der Waals surface area (Å²) in [5.41, 5.74) is 4.45. The molecule has 0 bridgehead atoms. The molecule has 0 heterocycles. The van der Waals surface area contributed by atoms with E-state index < -0.39 is 0 Å². The number of halogens is 1. The van der Waals surface area contributed by atoms with Gasteiger partial charge in [-0.2, -0.15) is 0 Å². The van der Waals surface area contributed by atoms with E-state index in [0.717, 1.165) is 21.4 Å². The third-order valence-corrected chi connectivity index (χ3v) is 4.93. The van der Waals surface area contributed by atoms with Crippen LogP contribution in [0.5, 0.6) is 5.75 Å². The Kier molecular flexibility index (Phi) is 6.44. The average Bonchev–Trinajstić information content (AvgIpc) is 2.66. The molecule has 0 aliphatic carbocycles. The smallest absolute Gasteiger partial charge is 0.266 e. The fraction of sp³-hybridized carbons (Fsp3) is 0.0909. The molecule has 3 rings (SSSR count). The largest absolute Gasteiger partial charge is 0.432 e. The average molecular weight is 455 g/mol. The number of nitrogens with one attached hydrogen (secondary N) is 2. The summed E-state index contributed by atoms with van der Waals surface area (Å²) in [5.74, 6) is 0.363. The number of carbonyl (C=O) groups is 1. The van der Waals surface area contributed by atoms with Crippen molar-refractivity contribution in [3.05, 3.63) is 87.9 Å². The summed E-state index contributed by atoms with van der Waals surface area (Å²) in [6, 6.07) is 20.2. The van der Waals surface area contributed by atoms with Crippen LogP contribution in [0.3, 0.4) is 0 Å². The van der Waals surface area contributed by atoms with Gasteiger partial charge in [0.25, 0.3) is 11.1 Å². The van der Waals surface area contributed by atoms with E-state index in [1.54, 1.807) is 24.3 Å². The van der Waals surface area contributed by atoms with E-state index in [2.05, 4.69) is 26.6 Å². The maximum atomic E-state index is 12.4. The van der Waals surface area contributed by atoms with Crippen LogP contribution in [0.2, 0.25) is 0 Å². The molecule has 0 saturated heterocycles. The minimum Gasteiger partial charge on any atom is -0.432 e. The van der Waals surface area contributed by atoms with E-state index in [-0.39, 0.29) is 11.1 Å². The van der Waals surface area contributed by atoms with Crippen molar-refractivity contribution < 1.29 is 9.53 Å². The van der Waals surface area contributed by atoms with Gasteiger partial charge in [0.05, 0.1) is 0 Å². The van der Waals surface area contributed by atoms with Crippen molar-refractivity contribution in [3.63, 3.8) is 0 Å². The number of thiocarbonyl (C=S) groups is 1. The molecule has 28 heavy (non-hydrogen) atoms. The molecular weight excluding hydrogens is 436 g/mol. The van der Waals surface area contributed by atoms with Crippen LogP contribution in [-0.4, -0.2) is 11.1 Å². The Morgan fingerprint density at radius 2 is 1.68 bits per heavy atom. The van der Waals surface area contributed by atoms with Crippen molar-refractivity contribution in [1.82, 2.24) is 0 Å². The first-order valence-corrected chi connectivity index (χ1v) is 9.84. The molecule has 0 atom stereocenters. The van der Waals surface area contributed by atoms with Gasteiger partial charge < -0.3 is 15.4 Å². The van der Waals surface area contributed by atoms with Gasteiger partial charge in [0.15, 0.2) is 0 Å². The van der Waals surface area contributed by atoms with Crippen molar-refractivity contribution in [2.24, 2.45) is 0 Å². The highest BCUT2D eigenvalue weighted by Crippen LogP contribution is 2.20. The highest BCUT2D eigenvalue weighted by molar-refractivity contribution is 9.10. The normalized spacial score (nSPS) is 10.2. The molecule has 6 heteroatoms. The lowest BCUT2D eigenvalue weighted by atomic mass is 10.1. The summed E-state index contributed by atoms with van der Waals surface area (Å²) in [5, 5.41) is 6.21.